The minimum Gasteiger partial charge on any atom is -0.508 e. The van der Waals surface area contributed by atoms with Crippen LogP contribution >= 0.6 is 23.2 Å². The lowest BCUT2D eigenvalue weighted by molar-refractivity contribution is -0.131. The molecule has 0 atom stereocenters. The van der Waals surface area contributed by atoms with Crippen molar-refractivity contribution in [2.75, 3.05) is 26.7 Å². The van der Waals surface area contributed by atoms with Gasteiger partial charge in [0.15, 0.2) is 0 Å². The van der Waals surface area contributed by atoms with Crippen LogP contribution < -0.4 is 5.32 Å². The SMILES string of the molecule is CNCC(=O)N1CCCCC1.Oc1ccc(Cl)c(Cl)c1. The number of benzene rings is 1. The van der Waals surface area contributed by atoms with Crippen LogP contribution in [-0.2, 0) is 4.79 Å². The van der Waals surface area contributed by atoms with E-state index in [2.05, 4.69) is 5.32 Å². The van der Waals surface area contributed by atoms with Gasteiger partial charge in [-0.05, 0) is 44.5 Å². The van der Waals surface area contributed by atoms with E-state index in [4.69, 9.17) is 28.3 Å². The van der Waals surface area contributed by atoms with Gasteiger partial charge in [0, 0.05) is 13.1 Å². The molecule has 2 rings (SSSR count). The standard InChI is InChI=1S/C8H16N2O.C6H4Cl2O/c1-9-7-8(11)10-5-3-2-4-6-10;7-5-2-1-4(9)3-6(5)8/h9H,2-7H2,1H3;1-3,9H. The van der Waals surface area contributed by atoms with Crippen LogP contribution in [-0.4, -0.2) is 42.6 Å². The highest BCUT2D eigenvalue weighted by Gasteiger charge is 2.14. The Morgan fingerprint density at radius 2 is 1.90 bits per heavy atom. The van der Waals surface area contributed by atoms with E-state index in [0.717, 1.165) is 13.1 Å². The average Bonchev–Trinajstić information content (AvgIpc) is 2.45. The molecule has 1 aliphatic rings. The molecule has 6 heteroatoms. The van der Waals surface area contributed by atoms with Crippen molar-refractivity contribution in [3.8, 4) is 5.75 Å². The van der Waals surface area contributed by atoms with Crippen molar-refractivity contribution in [2.24, 2.45) is 0 Å². The summed E-state index contributed by atoms with van der Waals surface area (Å²) in [5, 5.41) is 12.5. The first kappa shape index (κ1) is 17.1. The predicted molar refractivity (Wildman–Crippen MR) is 82.5 cm³/mol. The number of likely N-dealkylation sites (tertiary alicyclic amines) is 1. The number of carbonyl (C=O) groups is 1. The van der Waals surface area contributed by atoms with Gasteiger partial charge in [-0.25, -0.2) is 0 Å². The zero-order valence-electron chi connectivity index (χ0n) is 11.5. The van der Waals surface area contributed by atoms with E-state index >= 15 is 0 Å². The fourth-order valence-electron chi connectivity index (χ4n) is 1.89. The van der Waals surface area contributed by atoms with E-state index in [-0.39, 0.29) is 11.7 Å². The number of phenolic OH excluding ortho intramolecular Hbond substituents is 1. The number of hydrogen-bond acceptors (Lipinski definition) is 3. The third-order valence-corrected chi connectivity index (χ3v) is 3.68. The second-order valence-corrected chi connectivity index (χ2v) is 5.38. The monoisotopic (exact) mass is 318 g/mol. The third-order valence-electron chi connectivity index (χ3n) is 2.94. The Morgan fingerprint density at radius 3 is 2.40 bits per heavy atom. The molecule has 0 saturated carbocycles. The van der Waals surface area contributed by atoms with Crippen LogP contribution in [0.15, 0.2) is 18.2 Å². The number of piperidine rings is 1. The maximum absolute atomic E-state index is 11.3. The van der Waals surface area contributed by atoms with Crippen LogP contribution in [0.25, 0.3) is 0 Å². The summed E-state index contributed by atoms with van der Waals surface area (Å²) in [5.41, 5.74) is 0. The van der Waals surface area contributed by atoms with Crippen molar-refractivity contribution in [2.45, 2.75) is 19.3 Å². The van der Waals surface area contributed by atoms with Crippen LogP contribution in [0.3, 0.4) is 0 Å². The molecule has 112 valence electrons. The Labute approximate surface area is 129 Å². The van der Waals surface area contributed by atoms with E-state index in [1.54, 1.807) is 6.07 Å². The number of phenols is 1. The van der Waals surface area contributed by atoms with Crippen LogP contribution in [0, 0.1) is 0 Å². The second kappa shape index (κ2) is 9.06. The summed E-state index contributed by atoms with van der Waals surface area (Å²) in [6, 6.07) is 4.41. The molecule has 0 radical (unpaired) electrons. The number of rotatable bonds is 2. The van der Waals surface area contributed by atoms with Crippen LogP contribution in [0.4, 0.5) is 0 Å². The van der Waals surface area contributed by atoms with Crippen molar-refractivity contribution in [3.05, 3.63) is 28.2 Å². The number of nitrogens with zero attached hydrogens (tertiary/aromatic N) is 1. The molecule has 4 nitrogen and oxygen atoms in total. The van der Waals surface area contributed by atoms with E-state index in [0.29, 0.717) is 16.6 Å². The zero-order valence-corrected chi connectivity index (χ0v) is 13.0. The minimum atomic E-state index is 0.129. The fourth-order valence-corrected chi connectivity index (χ4v) is 2.18. The molecule has 0 unspecified atom stereocenters. The quantitative estimate of drug-likeness (QED) is 0.881. The third kappa shape index (κ3) is 5.99. The summed E-state index contributed by atoms with van der Waals surface area (Å²) >= 11 is 11.1. The lowest BCUT2D eigenvalue weighted by Crippen LogP contribution is -2.40. The molecule has 1 fully saturated rings. The summed E-state index contributed by atoms with van der Waals surface area (Å²) in [4.78, 5) is 13.2. The Hall–Kier alpha value is -0.970. The molecule has 20 heavy (non-hydrogen) atoms. The molecule has 0 bridgehead atoms. The minimum absolute atomic E-state index is 0.129. The maximum atomic E-state index is 11.3. The molecule has 1 aromatic carbocycles. The summed E-state index contributed by atoms with van der Waals surface area (Å²) in [6.07, 6.45) is 3.63. The van der Waals surface area contributed by atoms with Crippen molar-refractivity contribution in [1.29, 1.82) is 0 Å². The zero-order chi connectivity index (χ0) is 15.0. The van der Waals surface area contributed by atoms with Gasteiger partial charge in [0.05, 0.1) is 16.6 Å². The number of carbonyl (C=O) groups excluding carboxylic acids is 1. The number of aromatic hydroxyl groups is 1. The molecule has 0 spiro atoms. The van der Waals surface area contributed by atoms with Crippen LogP contribution in [0.2, 0.25) is 10.0 Å². The summed E-state index contributed by atoms with van der Waals surface area (Å²) in [5.74, 6) is 0.372. The van der Waals surface area contributed by atoms with Crippen molar-refractivity contribution in [1.82, 2.24) is 10.2 Å². The average molecular weight is 319 g/mol. The summed E-state index contributed by atoms with van der Waals surface area (Å²) in [7, 11) is 1.81. The Morgan fingerprint density at radius 1 is 1.25 bits per heavy atom. The van der Waals surface area contributed by atoms with E-state index in [1.165, 1.54) is 31.4 Å². The Kier molecular flexibility index (Phi) is 7.73. The number of nitrogens with one attached hydrogen (secondary N) is 1. The van der Waals surface area contributed by atoms with Crippen LogP contribution in [0.1, 0.15) is 19.3 Å². The first-order valence-corrected chi connectivity index (χ1v) is 7.36. The Bertz CT molecular complexity index is 435. The first-order chi connectivity index (χ1) is 9.54. The number of likely N-dealkylation sites (N-methyl/N-ethyl adjacent to an activating group) is 1. The van der Waals surface area contributed by atoms with Gasteiger partial charge in [-0.3, -0.25) is 4.79 Å². The largest absolute Gasteiger partial charge is 0.508 e. The molecular weight excluding hydrogens is 299 g/mol. The normalized spacial score (nSPS) is 14.4. The highest BCUT2D eigenvalue weighted by molar-refractivity contribution is 6.42. The van der Waals surface area contributed by atoms with Gasteiger partial charge in [-0.2, -0.15) is 0 Å². The lowest BCUT2D eigenvalue weighted by Gasteiger charge is -2.26. The van der Waals surface area contributed by atoms with Gasteiger partial charge in [0.25, 0.3) is 0 Å². The smallest absolute Gasteiger partial charge is 0.236 e. The topological polar surface area (TPSA) is 52.6 Å². The highest BCUT2D eigenvalue weighted by Crippen LogP contribution is 2.25. The van der Waals surface area contributed by atoms with Crippen molar-refractivity contribution < 1.29 is 9.90 Å². The van der Waals surface area contributed by atoms with E-state index < -0.39 is 0 Å². The van der Waals surface area contributed by atoms with Gasteiger partial charge >= 0.3 is 0 Å². The van der Waals surface area contributed by atoms with Crippen molar-refractivity contribution in [3.63, 3.8) is 0 Å². The number of hydrogen-bond donors (Lipinski definition) is 2. The van der Waals surface area contributed by atoms with Crippen molar-refractivity contribution >= 4 is 29.1 Å². The predicted octanol–water partition coefficient (Wildman–Crippen LogP) is 2.92. The first-order valence-electron chi connectivity index (χ1n) is 6.61. The van der Waals surface area contributed by atoms with Gasteiger partial charge in [-0.15, -0.1) is 0 Å². The van der Waals surface area contributed by atoms with Gasteiger partial charge < -0.3 is 15.3 Å². The summed E-state index contributed by atoms with van der Waals surface area (Å²) < 4.78 is 0. The van der Waals surface area contributed by atoms with Crippen LogP contribution in [0.5, 0.6) is 5.75 Å². The number of halogens is 2. The van der Waals surface area contributed by atoms with Gasteiger partial charge in [0.1, 0.15) is 5.75 Å². The highest BCUT2D eigenvalue weighted by atomic mass is 35.5. The fraction of sp³-hybridized carbons (Fsp3) is 0.500. The molecule has 0 aromatic heterocycles. The molecule has 0 aliphatic carbocycles. The van der Waals surface area contributed by atoms with E-state index in [9.17, 15) is 4.79 Å². The maximum Gasteiger partial charge on any atom is 0.236 e. The molecule has 1 aromatic rings. The molecular formula is C14H20Cl2N2O2. The van der Waals surface area contributed by atoms with Gasteiger partial charge in [-0.1, -0.05) is 23.2 Å². The molecule has 1 saturated heterocycles. The van der Waals surface area contributed by atoms with Gasteiger partial charge in [0.2, 0.25) is 5.91 Å². The number of amides is 1. The Balaban J connectivity index is 0.000000204. The molecule has 2 N–H and O–H groups in total. The van der Waals surface area contributed by atoms with E-state index in [1.807, 2.05) is 11.9 Å². The second-order valence-electron chi connectivity index (χ2n) is 4.57. The molecule has 1 aliphatic heterocycles. The molecule has 1 heterocycles. The molecule has 1 amide bonds. The lowest BCUT2D eigenvalue weighted by atomic mass is 10.1. The summed E-state index contributed by atoms with van der Waals surface area (Å²) in [6.45, 7) is 2.40.